The van der Waals surface area contributed by atoms with Crippen molar-refractivity contribution in [2.24, 2.45) is 0 Å². The van der Waals surface area contributed by atoms with Crippen LogP contribution in [0, 0.1) is 0 Å². The molecule has 0 unspecified atom stereocenters. The van der Waals surface area contributed by atoms with E-state index < -0.39 is 11.7 Å². The maximum absolute atomic E-state index is 12.7. The molecular formula is C17H11F3O2. The maximum atomic E-state index is 12.7. The van der Waals surface area contributed by atoms with Crippen LogP contribution >= 0.6 is 0 Å². The van der Waals surface area contributed by atoms with E-state index in [0.717, 1.165) is 12.1 Å². The number of hydrogen-bond acceptors (Lipinski definition) is 2. The zero-order chi connectivity index (χ0) is 15.9. The second kappa shape index (κ2) is 5.02. The van der Waals surface area contributed by atoms with Gasteiger partial charge in [0, 0.05) is 17.6 Å². The Morgan fingerprint density at radius 1 is 1.09 bits per heavy atom. The van der Waals surface area contributed by atoms with E-state index >= 15 is 0 Å². The van der Waals surface area contributed by atoms with Gasteiger partial charge < -0.3 is 5.11 Å². The third kappa shape index (κ3) is 2.62. The zero-order valence-corrected chi connectivity index (χ0v) is 11.3. The molecule has 0 aromatic heterocycles. The van der Waals surface area contributed by atoms with Crippen molar-refractivity contribution >= 4 is 11.9 Å². The van der Waals surface area contributed by atoms with E-state index in [1.807, 2.05) is 0 Å². The summed E-state index contributed by atoms with van der Waals surface area (Å²) in [4.78, 5) is 12.2. The predicted octanol–water partition coefficient (Wildman–Crippen LogP) is 4.23. The van der Waals surface area contributed by atoms with Crippen molar-refractivity contribution in [2.75, 3.05) is 0 Å². The molecule has 0 bridgehead atoms. The van der Waals surface area contributed by atoms with Crippen LogP contribution in [-0.4, -0.2) is 10.9 Å². The van der Waals surface area contributed by atoms with Crippen molar-refractivity contribution in [1.82, 2.24) is 0 Å². The van der Waals surface area contributed by atoms with Gasteiger partial charge >= 0.3 is 6.18 Å². The Morgan fingerprint density at radius 2 is 1.86 bits per heavy atom. The molecule has 0 radical (unpaired) electrons. The first-order chi connectivity index (χ1) is 10.3. The fourth-order valence-electron chi connectivity index (χ4n) is 2.53. The third-order valence-corrected chi connectivity index (χ3v) is 3.56. The van der Waals surface area contributed by atoms with Crippen molar-refractivity contribution in [3.05, 3.63) is 70.3 Å². The highest BCUT2D eigenvalue weighted by molar-refractivity contribution is 6.15. The summed E-state index contributed by atoms with van der Waals surface area (Å²) in [5.74, 6) is -0.153. The van der Waals surface area contributed by atoms with Gasteiger partial charge in [0.2, 0.25) is 0 Å². The van der Waals surface area contributed by atoms with Gasteiger partial charge in [0.15, 0.2) is 5.78 Å². The molecule has 2 aromatic carbocycles. The molecule has 0 saturated carbocycles. The topological polar surface area (TPSA) is 37.3 Å². The van der Waals surface area contributed by atoms with Gasteiger partial charge in [-0.05, 0) is 47.5 Å². The number of ketones is 1. The van der Waals surface area contributed by atoms with E-state index in [2.05, 4.69) is 0 Å². The summed E-state index contributed by atoms with van der Waals surface area (Å²) in [6, 6.07) is 9.29. The molecule has 0 fully saturated rings. The molecule has 3 rings (SSSR count). The molecule has 2 nitrogen and oxygen atoms in total. The molecule has 0 aliphatic heterocycles. The quantitative estimate of drug-likeness (QED) is 0.800. The lowest BCUT2D eigenvalue weighted by atomic mass is 10.1. The van der Waals surface area contributed by atoms with Crippen molar-refractivity contribution in [3.8, 4) is 5.75 Å². The number of benzene rings is 2. The summed E-state index contributed by atoms with van der Waals surface area (Å²) in [7, 11) is 0. The molecule has 0 saturated heterocycles. The zero-order valence-electron chi connectivity index (χ0n) is 11.3. The number of carbonyl (C=O) groups excluding carboxylic acids is 1. The highest BCUT2D eigenvalue weighted by Gasteiger charge is 2.30. The Hall–Kier alpha value is -2.56. The second-order valence-electron chi connectivity index (χ2n) is 5.14. The third-order valence-electron chi connectivity index (χ3n) is 3.56. The summed E-state index contributed by atoms with van der Waals surface area (Å²) in [5, 5.41) is 9.43. The van der Waals surface area contributed by atoms with E-state index in [4.69, 9.17) is 0 Å². The minimum absolute atomic E-state index is 0.0619. The minimum atomic E-state index is -4.41. The van der Waals surface area contributed by atoms with Crippen LogP contribution in [0.15, 0.2) is 48.0 Å². The van der Waals surface area contributed by atoms with E-state index in [0.29, 0.717) is 28.7 Å². The molecule has 5 heteroatoms. The van der Waals surface area contributed by atoms with Crippen LogP contribution < -0.4 is 0 Å². The maximum Gasteiger partial charge on any atom is 0.416 e. The number of fused-ring (bicyclic) bond motifs is 1. The number of halogens is 3. The fourth-order valence-corrected chi connectivity index (χ4v) is 2.53. The van der Waals surface area contributed by atoms with Gasteiger partial charge in [-0.25, -0.2) is 0 Å². The summed E-state index contributed by atoms with van der Waals surface area (Å²) in [5.41, 5.74) is 1.16. The van der Waals surface area contributed by atoms with Gasteiger partial charge in [0.05, 0.1) is 5.56 Å². The summed E-state index contributed by atoms with van der Waals surface area (Å²) in [6.07, 6.45) is -2.64. The van der Waals surface area contributed by atoms with E-state index in [-0.39, 0.29) is 11.5 Å². The Kier molecular flexibility index (Phi) is 3.28. The second-order valence-corrected chi connectivity index (χ2v) is 5.14. The van der Waals surface area contributed by atoms with Crippen molar-refractivity contribution in [2.45, 2.75) is 12.6 Å². The average molecular weight is 304 g/mol. The average Bonchev–Trinajstić information content (AvgIpc) is 2.74. The molecule has 0 spiro atoms. The molecule has 22 heavy (non-hydrogen) atoms. The van der Waals surface area contributed by atoms with Gasteiger partial charge in [-0.2, -0.15) is 13.2 Å². The van der Waals surface area contributed by atoms with E-state index in [1.165, 1.54) is 36.4 Å². The van der Waals surface area contributed by atoms with Crippen LogP contribution in [0.5, 0.6) is 5.75 Å². The minimum Gasteiger partial charge on any atom is -0.508 e. The number of rotatable bonds is 1. The van der Waals surface area contributed by atoms with Crippen LogP contribution in [-0.2, 0) is 12.6 Å². The highest BCUT2D eigenvalue weighted by Crippen LogP contribution is 2.32. The first kappa shape index (κ1) is 14.4. The number of alkyl halides is 3. The van der Waals surface area contributed by atoms with Gasteiger partial charge in [0.1, 0.15) is 5.75 Å². The van der Waals surface area contributed by atoms with Gasteiger partial charge in [-0.3, -0.25) is 4.79 Å². The standard InChI is InChI=1S/C17H11F3O2/c18-17(19,20)13-3-1-2-10(7-13)6-12-8-11-9-14(21)4-5-15(11)16(12)22/h1-7,9,21H,8H2/b12-6+. The Bertz CT molecular complexity index is 789. The van der Waals surface area contributed by atoms with Crippen LogP contribution in [0.3, 0.4) is 0 Å². The van der Waals surface area contributed by atoms with Crippen LogP contribution in [0.4, 0.5) is 13.2 Å². The molecule has 1 aliphatic carbocycles. The summed E-state index contributed by atoms with van der Waals surface area (Å²) < 4.78 is 38.1. The normalized spacial score (nSPS) is 16.1. The molecular weight excluding hydrogens is 293 g/mol. The van der Waals surface area contributed by atoms with Crippen molar-refractivity contribution < 1.29 is 23.1 Å². The Morgan fingerprint density at radius 3 is 2.59 bits per heavy atom. The molecule has 112 valence electrons. The van der Waals surface area contributed by atoms with Crippen LogP contribution in [0.2, 0.25) is 0 Å². The molecule has 2 aromatic rings. The van der Waals surface area contributed by atoms with Crippen LogP contribution in [0.1, 0.15) is 27.0 Å². The Labute approximate surface area is 124 Å². The van der Waals surface area contributed by atoms with Crippen LogP contribution in [0.25, 0.3) is 6.08 Å². The SMILES string of the molecule is O=C1/C(=C/c2cccc(C(F)(F)F)c2)Cc2cc(O)ccc21. The molecule has 1 N–H and O–H groups in total. The van der Waals surface area contributed by atoms with E-state index in [1.54, 1.807) is 0 Å². The first-order valence-electron chi connectivity index (χ1n) is 6.59. The van der Waals surface area contributed by atoms with Gasteiger partial charge in [0.25, 0.3) is 0 Å². The lowest BCUT2D eigenvalue weighted by Gasteiger charge is -2.07. The number of aromatic hydroxyl groups is 1. The lowest BCUT2D eigenvalue weighted by Crippen LogP contribution is -2.04. The number of phenols is 1. The predicted molar refractivity (Wildman–Crippen MR) is 75.6 cm³/mol. The van der Waals surface area contributed by atoms with Crippen molar-refractivity contribution in [1.29, 1.82) is 0 Å². The number of hydrogen-bond donors (Lipinski definition) is 1. The monoisotopic (exact) mass is 304 g/mol. The smallest absolute Gasteiger partial charge is 0.416 e. The molecule has 0 amide bonds. The first-order valence-corrected chi connectivity index (χ1v) is 6.59. The largest absolute Gasteiger partial charge is 0.508 e. The number of phenolic OH excluding ortho intramolecular Hbond substituents is 1. The number of allylic oxidation sites excluding steroid dienone is 1. The molecule has 1 aliphatic rings. The van der Waals surface area contributed by atoms with E-state index in [9.17, 15) is 23.1 Å². The van der Waals surface area contributed by atoms with Gasteiger partial charge in [-0.15, -0.1) is 0 Å². The number of carbonyl (C=O) groups is 1. The highest BCUT2D eigenvalue weighted by atomic mass is 19.4. The molecule has 0 heterocycles. The van der Waals surface area contributed by atoms with Crippen molar-refractivity contribution in [3.63, 3.8) is 0 Å². The number of Topliss-reactive ketones (excluding diaryl/α,β-unsaturated/α-hetero) is 1. The fraction of sp³-hybridized carbons (Fsp3) is 0.118. The van der Waals surface area contributed by atoms with Gasteiger partial charge in [-0.1, -0.05) is 12.1 Å². The summed E-state index contributed by atoms with van der Waals surface area (Å²) in [6.45, 7) is 0. The lowest BCUT2D eigenvalue weighted by molar-refractivity contribution is -0.137. The Balaban J connectivity index is 1.96. The summed E-state index contributed by atoms with van der Waals surface area (Å²) >= 11 is 0. The molecule has 0 atom stereocenters.